The maximum atomic E-state index is 12.6. The van der Waals surface area contributed by atoms with E-state index < -0.39 is 17.9 Å². The van der Waals surface area contributed by atoms with Crippen LogP contribution in [0.5, 0.6) is 11.5 Å². The summed E-state index contributed by atoms with van der Waals surface area (Å²) in [6, 6.07) is 2.75. The molecule has 1 aliphatic carbocycles. The zero-order valence-corrected chi connectivity index (χ0v) is 11.9. The maximum absolute atomic E-state index is 12.6. The van der Waals surface area contributed by atoms with Gasteiger partial charge in [-0.2, -0.15) is 0 Å². The van der Waals surface area contributed by atoms with E-state index in [2.05, 4.69) is 0 Å². The highest BCUT2D eigenvalue weighted by Crippen LogP contribution is 2.46. The van der Waals surface area contributed by atoms with Gasteiger partial charge in [-0.05, 0) is 30.9 Å². The summed E-state index contributed by atoms with van der Waals surface area (Å²) in [4.78, 5) is 25.4. The van der Waals surface area contributed by atoms with Gasteiger partial charge in [0.25, 0.3) is 5.91 Å². The Morgan fingerprint density at radius 3 is 2.29 bits per heavy atom. The Kier molecular flexibility index (Phi) is 3.44. The smallest absolute Gasteiger partial charge is 0.327 e. The molecule has 2 unspecified atom stereocenters. The number of hydrogen-bond acceptors (Lipinski definition) is 5. The number of thioether (sulfide) groups is 1. The molecule has 1 aromatic rings. The van der Waals surface area contributed by atoms with Gasteiger partial charge in [-0.25, -0.2) is 4.79 Å². The number of benzene rings is 1. The largest absolute Gasteiger partial charge is 0.508 e. The Morgan fingerprint density at radius 1 is 1.14 bits per heavy atom. The van der Waals surface area contributed by atoms with Gasteiger partial charge in [-0.15, -0.1) is 11.8 Å². The molecule has 6 nitrogen and oxygen atoms in total. The van der Waals surface area contributed by atoms with Gasteiger partial charge < -0.3 is 20.2 Å². The molecule has 3 N–H and O–H groups in total. The number of phenolic OH excluding ortho intramolecular Hbond substituents is 2. The summed E-state index contributed by atoms with van der Waals surface area (Å²) in [6.07, 6.45) is 2.00. The molecule has 1 aliphatic heterocycles. The summed E-state index contributed by atoms with van der Waals surface area (Å²) in [5.74, 6) is -1.22. The van der Waals surface area contributed by atoms with E-state index in [-0.39, 0.29) is 22.4 Å². The van der Waals surface area contributed by atoms with E-state index in [1.165, 1.54) is 28.8 Å². The van der Waals surface area contributed by atoms with Gasteiger partial charge in [0.2, 0.25) is 0 Å². The minimum atomic E-state index is -1.02. The molecule has 0 aromatic heterocycles. The van der Waals surface area contributed by atoms with Gasteiger partial charge in [0.05, 0.1) is 5.37 Å². The first kappa shape index (κ1) is 14.1. The van der Waals surface area contributed by atoms with Gasteiger partial charge in [-0.3, -0.25) is 4.79 Å². The van der Waals surface area contributed by atoms with Crippen molar-refractivity contribution < 1.29 is 24.9 Å². The molecule has 1 saturated heterocycles. The van der Waals surface area contributed by atoms with Crippen molar-refractivity contribution in [2.75, 3.05) is 5.75 Å². The topological polar surface area (TPSA) is 98.1 Å². The van der Waals surface area contributed by atoms with Crippen molar-refractivity contribution >= 4 is 23.6 Å². The number of amides is 1. The lowest BCUT2D eigenvalue weighted by molar-refractivity contribution is -0.141. The minimum Gasteiger partial charge on any atom is -0.508 e. The summed E-state index contributed by atoms with van der Waals surface area (Å²) < 4.78 is 0. The SMILES string of the molecule is O=C(O)C1CSC(C2CC2)N1C(=O)c1cc(O)cc(O)c1. The second kappa shape index (κ2) is 5.14. The highest BCUT2D eigenvalue weighted by molar-refractivity contribution is 8.00. The van der Waals surface area contributed by atoms with Crippen LogP contribution in [0, 0.1) is 5.92 Å². The van der Waals surface area contributed by atoms with Crippen LogP contribution in [-0.4, -0.2) is 49.3 Å². The molecule has 1 heterocycles. The molecule has 2 fully saturated rings. The fourth-order valence-corrected chi connectivity index (χ4v) is 4.22. The van der Waals surface area contributed by atoms with Crippen LogP contribution in [0.4, 0.5) is 0 Å². The minimum absolute atomic E-state index is 0.104. The molecule has 1 amide bonds. The summed E-state index contributed by atoms with van der Waals surface area (Å²) in [7, 11) is 0. The number of aromatic hydroxyl groups is 2. The first-order valence-electron chi connectivity index (χ1n) is 6.67. The van der Waals surface area contributed by atoms with E-state index in [0.717, 1.165) is 18.9 Å². The number of carbonyl (C=O) groups excluding carboxylic acids is 1. The summed E-state index contributed by atoms with van der Waals surface area (Å²) >= 11 is 1.49. The van der Waals surface area contributed by atoms with Crippen molar-refractivity contribution in [3.8, 4) is 11.5 Å². The lowest BCUT2D eigenvalue weighted by Crippen LogP contribution is -2.46. The first-order valence-corrected chi connectivity index (χ1v) is 7.72. The molecule has 2 atom stereocenters. The van der Waals surface area contributed by atoms with Crippen molar-refractivity contribution in [2.45, 2.75) is 24.3 Å². The fourth-order valence-electron chi connectivity index (χ4n) is 2.59. The monoisotopic (exact) mass is 309 g/mol. The third-order valence-corrected chi connectivity index (χ3v) is 5.19. The quantitative estimate of drug-likeness (QED) is 0.782. The maximum Gasteiger partial charge on any atom is 0.327 e. The number of carboxylic acid groups (broad SMARTS) is 1. The summed E-state index contributed by atoms with van der Waals surface area (Å²) in [5, 5.41) is 28.2. The van der Waals surface area contributed by atoms with E-state index in [9.17, 15) is 24.9 Å². The Hall–Kier alpha value is -1.89. The normalized spacial score (nSPS) is 25.0. The average Bonchev–Trinajstić information content (AvgIpc) is 3.15. The predicted octanol–water partition coefficient (Wildman–Crippen LogP) is 1.48. The molecule has 2 aliphatic rings. The van der Waals surface area contributed by atoms with E-state index in [1.807, 2.05) is 0 Å². The molecule has 0 radical (unpaired) electrons. The standard InChI is InChI=1S/C14H15NO5S/c16-9-3-8(4-10(17)5-9)12(18)15-11(14(19)20)6-21-13(15)7-1-2-7/h3-5,7,11,13,16-17H,1-2,6H2,(H,19,20). The van der Waals surface area contributed by atoms with Gasteiger partial charge >= 0.3 is 5.97 Å². The molecule has 0 spiro atoms. The highest BCUT2D eigenvalue weighted by atomic mass is 32.2. The number of phenols is 2. The van der Waals surface area contributed by atoms with Crippen LogP contribution >= 0.6 is 11.8 Å². The lowest BCUT2D eigenvalue weighted by atomic mass is 10.1. The van der Waals surface area contributed by atoms with E-state index in [0.29, 0.717) is 11.7 Å². The van der Waals surface area contributed by atoms with Gasteiger partial charge in [-0.1, -0.05) is 0 Å². The molecular formula is C14H15NO5S. The summed E-state index contributed by atoms with van der Waals surface area (Å²) in [6.45, 7) is 0. The number of carbonyl (C=O) groups is 2. The van der Waals surface area contributed by atoms with Gasteiger partial charge in [0.15, 0.2) is 0 Å². The zero-order valence-electron chi connectivity index (χ0n) is 11.1. The Balaban J connectivity index is 1.93. The highest BCUT2D eigenvalue weighted by Gasteiger charge is 2.48. The molecule has 7 heteroatoms. The van der Waals surface area contributed by atoms with Crippen LogP contribution in [0.2, 0.25) is 0 Å². The third kappa shape index (κ3) is 2.65. The van der Waals surface area contributed by atoms with E-state index >= 15 is 0 Å². The summed E-state index contributed by atoms with van der Waals surface area (Å²) in [5.41, 5.74) is 0.104. The Morgan fingerprint density at radius 2 is 1.76 bits per heavy atom. The average molecular weight is 309 g/mol. The van der Waals surface area contributed by atoms with E-state index in [4.69, 9.17) is 0 Å². The molecular weight excluding hydrogens is 294 g/mol. The molecule has 3 rings (SSSR count). The second-order valence-electron chi connectivity index (χ2n) is 5.37. The first-order chi connectivity index (χ1) is 9.97. The van der Waals surface area contributed by atoms with E-state index in [1.54, 1.807) is 0 Å². The molecule has 112 valence electrons. The molecule has 1 saturated carbocycles. The van der Waals surface area contributed by atoms with Crippen LogP contribution in [0.1, 0.15) is 23.2 Å². The number of nitrogens with zero attached hydrogens (tertiary/aromatic N) is 1. The number of hydrogen-bond donors (Lipinski definition) is 3. The Labute approximate surface area is 125 Å². The fraction of sp³-hybridized carbons (Fsp3) is 0.429. The lowest BCUT2D eigenvalue weighted by Gasteiger charge is -2.27. The molecule has 0 bridgehead atoms. The van der Waals surface area contributed by atoms with Crippen LogP contribution in [0.3, 0.4) is 0 Å². The van der Waals surface area contributed by atoms with Crippen molar-refractivity contribution in [3.63, 3.8) is 0 Å². The second-order valence-corrected chi connectivity index (χ2v) is 6.52. The zero-order chi connectivity index (χ0) is 15.1. The van der Waals surface area contributed by atoms with Gasteiger partial charge in [0.1, 0.15) is 17.5 Å². The number of aliphatic carboxylic acids is 1. The van der Waals surface area contributed by atoms with Crippen molar-refractivity contribution in [1.82, 2.24) is 4.90 Å². The molecule has 1 aromatic carbocycles. The van der Waals surface area contributed by atoms with Crippen LogP contribution in [0.25, 0.3) is 0 Å². The Bertz CT molecular complexity index is 581. The van der Waals surface area contributed by atoms with Crippen LogP contribution in [-0.2, 0) is 4.79 Å². The van der Waals surface area contributed by atoms with Gasteiger partial charge in [0, 0.05) is 17.4 Å². The van der Waals surface area contributed by atoms with Crippen LogP contribution < -0.4 is 0 Å². The number of rotatable bonds is 3. The van der Waals surface area contributed by atoms with Crippen molar-refractivity contribution in [2.24, 2.45) is 5.92 Å². The van der Waals surface area contributed by atoms with Crippen molar-refractivity contribution in [3.05, 3.63) is 23.8 Å². The number of carboxylic acids is 1. The predicted molar refractivity (Wildman–Crippen MR) is 76.3 cm³/mol. The molecule has 21 heavy (non-hydrogen) atoms. The third-order valence-electron chi connectivity index (χ3n) is 3.73. The van der Waals surface area contributed by atoms with Crippen LogP contribution in [0.15, 0.2) is 18.2 Å². The van der Waals surface area contributed by atoms with Crippen molar-refractivity contribution in [1.29, 1.82) is 0 Å².